The molecule has 0 bridgehead atoms. The second-order valence-electron chi connectivity index (χ2n) is 5.19. The predicted octanol–water partition coefficient (Wildman–Crippen LogP) is 1.30. The molecule has 132 valence electrons. The van der Waals surface area contributed by atoms with Crippen LogP contribution >= 0.6 is 23.2 Å². The van der Waals surface area contributed by atoms with Crippen LogP contribution < -0.4 is 10.7 Å². The second kappa shape index (κ2) is 6.30. The Balaban J connectivity index is 2.57. The van der Waals surface area contributed by atoms with E-state index in [9.17, 15) is 21.6 Å². The van der Waals surface area contributed by atoms with Gasteiger partial charge in [-0.25, -0.2) is 22.0 Å². The maximum absolute atomic E-state index is 12.3. The lowest BCUT2D eigenvalue weighted by Gasteiger charge is -2.27. The zero-order valence-corrected chi connectivity index (χ0v) is 15.6. The van der Waals surface area contributed by atoms with E-state index in [4.69, 9.17) is 28.3 Å². The lowest BCUT2D eigenvalue weighted by molar-refractivity contribution is 0.592. The zero-order valence-electron chi connectivity index (χ0n) is 12.4. The van der Waals surface area contributed by atoms with Crippen molar-refractivity contribution in [2.75, 3.05) is 5.75 Å². The number of allylic oxidation sites excluding steroid dienone is 4. The number of aromatic nitrogens is 1. The third-order valence-corrected chi connectivity index (χ3v) is 6.83. The fourth-order valence-corrected chi connectivity index (χ4v) is 4.73. The molecule has 11 heteroatoms. The molecule has 1 aromatic heterocycles. The van der Waals surface area contributed by atoms with Crippen LogP contribution in [0.4, 0.5) is 0 Å². The van der Waals surface area contributed by atoms with Crippen molar-refractivity contribution in [3.63, 3.8) is 0 Å². The first kappa shape index (κ1) is 19.2. The quantitative estimate of drug-likeness (QED) is 0.720. The third-order valence-electron chi connectivity index (χ3n) is 3.51. The summed E-state index contributed by atoms with van der Waals surface area (Å²) in [5.41, 5.74) is -0.789. The summed E-state index contributed by atoms with van der Waals surface area (Å²) in [6.45, 7) is 1.44. The first-order chi connectivity index (χ1) is 10.9. The molecule has 0 amide bonds. The van der Waals surface area contributed by atoms with Gasteiger partial charge in [0, 0.05) is 17.0 Å². The maximum Gasteiger partial charge on any atom is 0.254 e. The van der Waals surface area contributed by atoms with Crippen LogP contribution in [0, 0.1) is 0 Å². The van der Waals surface area contributed by atoms with E-state index in [0.717, 1.165) is 6.08 Å². The summed E-state index contributed by atoms with van der Waals surface area (Å²) in [5.74, 6) is -0.182. The number of rotatable bonds is 4. The molecule has 1 atom stereocenters. The molecule has 1 aliphatic carbocycles. The van der Waals surface area contributed by atoms with Crippen LogP contribution in [0.2, 0.25) is 0 Å². The van der Waals surface area contributed by atoms with E-state index < -0.39 is 30.3 Å². The van der Waals surface area contributed by atoms with Gasteiger partial charge in [0.15, 0.2) is 9.84 Å². The molecule has 1 heterocycles. The van der Waals surface area contributed by atoms with E-state index in [1.54, 1.807) is 0 Å². The molecule has 24 heavy (non-hydrogen) atoms. The number of pyridine rings is 1. The van der Waals surface area contributed by atoms with Gasteiger partial charge < -0.3 is 4.98 Å². The summed E-state index contributed by atoms with van der Waals surface area (Å²) in [6.07, 6.45) is 2.18. The van der Waals surface area contributed by atoms with Gasteiger partial charge in [0.25, 0.3) is 5.56 Å². The van der Waals surface area contributed by atoms with E-state index in [1.165, 1.54) is 25.1 Å². The van der Waals surface area contributed by atoms with E-state index >= 15 is 0 Å². The molecule has 7 nitrogen and oxygen atoms in total. The number of halogens is 2. The van der Waals surface area contributed by atoms with Gasteiger partial charge in [0.2, 0.25) is 10.0 Å². The highest BCUT2D eigenvalue weighted by Crippen LogP contribution is 2.41. The summed E-state index contributed by atoms with van der Waals surface area (Å²) in [7, 11) is -7.64. The third kappa shape index (κ3) is 3.75. The minimum atomic E-state index is -4.04. The molecule has 0 aromatic carbocycles. The minimum Gasteiger partial charge on any atom is -0.313 e. The summed E-state index contributed by atoms with van der Waals surface area (Å²) < 4.78 is 46.8. The lowest BCUT2D eigenvalue weighted by Crippen LogP contribution is -2.31. The van der Waals surface area contributed by atoms with Gasteiger partial charge >= 0.3 is 0 Å². The van der Waals surface area contributed by atoms with Gasteiger partial charge in [0.1, 0.15) is 5.03 Å². The standard InChI is InChI=1S/C13H14Cl2N2O5S2/c1-2-23(19,20)11-4-3-10(12(18)17-11)13(15)6-8(14)5-9(7-13)24(16,21)22/h3-6H,2,7H2,1H3,(H,17,18)(H2,16,21,22). The molecular formula is C13H14Cl2N2O5S2. The fourth-order valence-electron chi connectivity index (χ4n) is 2.25. The van der Waals surface area contributed by atoms with Gasteiger partial charge in [-0.3, -0.25) is 4.79 Å². The number of alkyl halides is 1. The van der Waals surface area contributed by atoms with Gasteiger partial charge in [0.05, 0.1) is 15.5 Å². The van der Waals surface area contributed by atoms with Crippen molar-refractivity contribution in [1.82, 2.24) is 4.98 Å². The van der Waals surface area contributed by atoms with Crippen molar-refractivity contribution in [2.24, 2.45) is 5.14 Å². The summed E-state index contributed by atoms with van der Waals surface area (Å²) in [5, 5.41) is 4.86. The molecule has 1 aromatic rings. The highest BCUT2D eigenvalue weighted by atomic mass is 35.5. The number of sulfone groups is 1. The Kier molecular flexibility index (Phi) is 5.04. The Labute approximate surface area is 149 Å². The molecule has 0 spiro atoms. The number of hydrogen-bond donors (Lipinski definition) is 2. The molecule has 3 N–H and O–H groups in total. The van der Waals surface area contributed by atoms with Crippen LogP contribution in [-0.4, -0.2) is 27.6 Å². The van der Waals surface area contributed by atoms with E-state index in [0.29, 0.717) is 0 Å². The van der Waals surface area contributed by atoms with Crippen molar-refractivity contribution in [2.45, 2.75) is 23.2 Å². The minimum absolute atomic E-state index is 0.00457. The Hall–Kier alpha value is -1.13. The molecule has 0 saturated heterocycles. The average Bonchev–Trinajstić information content (AvgIpc) is 2.45. The molecule has 0 fully saturated rings. The number of primary sulfonamides is 1. The largest absolute Gasteiger partial charge is 0.313 e. The molecule has 0 saturated carbocycles. The van der Waals surface area contributed by atoms with Gasteiger partial charge in [-0.1, -0.05) is 18.5 Å². The Bertz CT molecular complexity index is 1010. The molecule has 2 rings (SSSR count). The highest BCUT2D eigenvalue weighted by Gasteiger charge is 2.37. The van der Waals surface area contributed by atoms with Gasteiger partial charge in [-0.05, 0) is 24.3 Å². The zero-order chi connectivity index (χ0) is 18.3. The first-order valence-corrected chi connectivity index (χ1v) is 10.6. The molecule has 1 unspecified atom stereocenters. The number of H-pyrrole nitrogens is 1. The van der Waals surface area contributed by atoms with Crippen LogP contribution in [0.15, 0.2) is 44.0 Å². The number of sulfonamides is 1. The van der Waals surface area contributed by atoms with Gasteiger partial charge in [-0.2, -0.15) is 0 Å². The highest BCUT2D eigenvalue weighted by molar-refractivity contribution is 7.93. The van der Waals surface area contributed by atoms with Crippen molar-refractivity contribution >= 4 is 43.1 Å². The number of nitrogens with two attached hydrogens (primary N) is 1. The predicted molar refractivity (Wildman–Crippen MR) is 92.1 cm³/mol. The fraction of sp³-hybridized carbons (Fsp3) is 0.308. The summed E-state index contributed by atoms with van der Waals surface area (Å²) in [4.78, 5) is 12.8. The lowest BCUT2D eigenvalue weighted by atomic mass is 9.92. The maximum atomic E-state index is 12.3. The first-order valence-electron chi connectivity index (χ1n) is 6.66. The topological polar surface area (TPSA) is 127 Å². The van der Waals surface area contributed by atoms with E-state index in [-0.39, 0.29) is 32.7 Å². The Morgan fingerprint density at radius 2 is 1.92 bits per heavy atom. The van der Waals surface area contributed by atoms with Gasteiger partial charge in [-0.15, -0.1) is 11.6 Å². The van der Waals surface area contributed by atoms with E-state index in [1.807, 2.05) is 0 Å². The Morgan fingerprint density at radius 1 is 1.29 bits per heavy atom. The monoisotopic (exact) mass is 412 g/mol. The van der Waals surface area contributed by atoms with E-state index in [2.05, 4.69) is 4.98 Å². The van der Waals surface area contributed by atoms with Crippen LogP contribution in [0.25, 0.3) is 0 Å². The van der Waals surface area contributed by atoms with Crippen molar-refractivity contribution in [3.8, 4) is 0 Å². The average molecular weight is 413 g/mol. The molecule has 0 aliphatic heterocycles. The van der Waals surface area contributed by atoms with Crippen molar-refractivity contribution in [3.05, 3.63) is 50.1 Å². The van der Waals surface area contributed by atoms with Crippen LogP contribution in [-0.2, 0) is 24.7 Å². The van der Waals surface area contributed by atoms with Crippen LogP contribution in [0.5, 0.6) is 0 Å². The molecule has 0 radical (unpaired) electrons. The number of aromatic amines is 1. The molecule has 1 aliphatic rings. The number of hydrogen-bond acceptors (Lipinski definition) is 5. The smallest absolute Gasteiger partial charge is 0.254 e. The van der Waals surface area contributed by atoms with Crippen LogP contribution in [0.3, 0.4) is 0 Å². The second-order valence-corrected chi connectivity index (χ2v) is 10.2. The SMILES string of the molecule is CCS(=O)(=O)c1ccc(C2(Cl)C=C(Cl)C=C(S(N)(=O)=O)C2)c(=O)[nH]1. The van der Waals surface area contributed by atoms with Crippen molar-refractivity contribution in [1.29, 1.82) is 0 Å². The summed E-state index contributed by atoms with van der Waals surface area (Å²) >= 11 is 12.3. The Morgan fingerprint density at radius 3 is 2.42 bits per heavy atom. The van der Waals surface area contributed by atoms with Crippen molar-refractivity contribution < 1.29 is 16.8 Å². The normalized spacial score (nSPS) is 22.0. The van der Waals surface area contributed by atoms with Crippen LogP contribution in [0.1, 0.15) is 18.9 Å². The molecular weight excluding hydrogens is 399 g/mol. The number of nitrogens with one attached hydrogen (secondary N) is 1. The summed E-state index contributed by atoms with van der Waals surface area (Å²) in [6, 6.07) is 2.44.